The van der Waals surface area contributed by atoms with Crippen molar-refractivity contribution in [1.82, 2.24) is 4.98 Å². The van der Waals surface area contributed by atoms with Gasteiger partial charge in [-0.2, -0.15) is 0 Å². The molecule has 0 spiro atoms. The molecule has 0 saturated heterocycles. The van der Waals surface area contributed by atoms with Gasteiger partial charge in [-0.05, 0) is 35.5 Å². The minimum atomic E-state index is 0.862. The van der Waals surface area contributed by atoms with Crippen molar-refractivity contribution < 1.29 is 0 Å². The zero-order chi connectivity index (χ0) is 8.13. The van der Waals surface area contributed by atoms with Crippen molar-refractivity contribution in [3.63, 3.8) is 0 Å². The Kier molecular flexibility index (Phi) is 1.11. The van der Waals surface area contributed by atoms with E-state index in [4.69, 9.17) is 0 Å². The van der Waals surface area contributed by atoms with Gasteiger partial charge in [-0.3, -0.25) is 0 Å². The summed E-state index contributed by atoms with van der Waals surface area (Å²) in [5.74, 6) is 1.74. The van der Waals surface area contributed by atoms with E-state index in [1.807, 2.05) is 0 Å². The summed E-state index contributed by atoms with van der Waals surface area (Å²) in [7, 11) is 0. The zero-order valence-corrected chi connectivity index (χ0v) is 7.30. The normalized spacial score (nSPS) is 29.8. The molecule has 0 aromatic carbocycles. The molecule has 1 nitrogen and oxygen atoms in total. The fourth-order valence-electron chi connectivity index (χ4n) is 2.17. The first-order valence-electron chi connectivity index (χ1n) is 4.78. The molecule has 2 atom stereocenters. The number of aromatic nitrogens is 1. The summed E-state index contributed by atoms with van der Waals surface area (Å²) >= 11 is 0. The predicted molar refractivity (Wildman–Crippen MR) is 49.9 cm³/mol. The van der Waals surface area contributed by atoms with Gasteiger partial charge in [-0.1, -0.05) is 19.1 Å². The molecule has 1 fully saturated rings. The Labute approximate surface area is 71.8 Å². The van der Waals surface area contributed by atoms with Crippen molar-refractivity contribution in [2.24, 2.45) is 11.8 Å². The van der Waals surface area contributed by atoms with Gasteiger partial charge in [-0.15, -0.1) is 0 Å². The van der Waals surface area contributed by atoms with Crippen LogP contribution in [-0.4, -0.2) is 4.98 Å². The van der Waals surface area contributed by atoms with Gasteiger partial charge in [0.05, 0.1) is 0 Å². The molecule has 2 aliphatic carbocycles. The van der Waals surface area contributed by atoms with Gasteiger partial charge >= 0.3 is 0 Å². The molecular formula is C11H13N. The molecule has 1 aromatic rings. The Morgan fingerprint density at radius 2 is 2.25 bits per heavy atom. The topological polar surface area (TPSA) is 15.8 Å². The van der Waals surface area contributed by atoms with Crippen LogP contribution >= 0.6 is 0 Å². The standard InChI is InChI=1S/C11H13N/c1-2-7-6-12-11-5-9-3-8(9)4-10(7)11/h4-6,8-9,12H,2-3H2,1H3/t8?,9-/m1/s1. The molecule has 1 saturated carbocycles. The number of hydrogen-bond acceptors (Lipinski definition) is 0. The average molecular weight is 159 g/mol. The van der Waals surface area contributed by atoms with Gasteiger partial charge in [0.1, 0.15) is 0 Å². The highest BCUT2D eigenvalue weighted by Crippen LogP contribution is 2.41. The number of aryl methyl sites for hydroxylation is 1. The molecule has 0 radical (unpaired) electrons. The SMILES string of the molecule is CCc1c[nH]c2c1=CC1C[C@@H]1C=2. The smallest absolute Gasteiger partial charge is 0.0416 e. The van der Waals surface area contributed by atoms with Crippen molar-refractivity contribution in [3.8, 4) is 0 Å². The largest absolute Gasteiger partial charge is 0.361 e. The maximum absolute atomic E-state index is 3.35. The number of H-pyrrole nitrogens is 1. The van der Waals surface area contributed by atoms with E-state index in [2.05, 4.69) is 30.3 Å². The van der Waals surface area contributed by atoms with Gasteiger partial charge in [0.25, 0.3) is 0 Å². The molecule has 2 aliphatic rings. The monoisotopic (exact) mass is 159 g/mol. The number of hydrogen-bond donors (Lipinski definition) is 1. The van der Waals surface area contributed by atoms with Gasteiger partial charge in [0.15, 0.2) is 0 Å². The molecule has 3 rings (SSSR count). The Morgan fingerprint density at radius 3 is 3.08 bits per heavy atom. The van der Waals surface area contributed by atoms with Crippen LogP contribution in [0.1, 0.15) is 18.9 Å². The van der Waals surface area contributed by atoms with Crippen LogP contribution < -0.4 is 10.6 Å². The van der Waals surface area contributed by atoms with Gasteiger partial charge in [0.2, 0.25) is 0 Å². The van der Waals surface area contributed by atoms with E-state index in [0.717, 1.165) is 18.3 Å². The lowest BCUT2D eigenvalue weighted by molar-refractivity contribution is 1.04. The first-order chi connectivity index (χ1) is 5.88. The number of aromatic amines is 1. The Morgan fingerprint density at radius 1 is 1.42 bits per heavy atom. The van der Waals surface area contributed by atoms with Crippen LogP contribution in [0.25, 0.3) is 12.2 Å². The number of rotatable bonds is 1. The van der Waals surface area contributed by atoms with E-state index < -0.39 is 0 Å². The quantitative estimate of drug-likeness (QED) is 0.623. The fourth-order valence-corrected chi connectivity index (χ4v) is 2.17. The lowest BCUT2D eigenvalue weighted by atomic mass is 10.1. The van der Waals surface area contributed by atoms with E-state index in [9.17, 15) is 0 Å². The number of fused-ring (bicyclic) bond motifs is 2. The lowest BCUT2D eigenvalue weighted by Crippen LogP contribution is -2.27. The molecule has 1 aromatic heterocycles. The van der Waals surface area contributed by atoms with Crippen LogP contribution in [0.3, 0.4) is 0 Å². The highest BCUT2D eigenvalue weighted by molar-refractivity contribution is 5.49. The van der Waals surface area contributed by atoms with Crippen molar-refractivity contribution in [2.75, 3.05) is 0 Å². The number of nitrogens with one attached hydrogen (secondary N) is 1. The van der Waals surface area contributed by atoms with E-state index in [-0.39, 0.29) is 0 Å². The molecular weight excluding hydrogens is 146 g/mol. The molecule has 12 heavy (non-hydrogen) atoms. The minimum Gasteiger partial charge on any atom is -0.361 e. The van der Waals surface area contributed by atoms with Crippen molar-refractivity contribution in [1.29, 1.82) is 0 Å². The third-order valence-electron chi connectivity index (χ3n) is 3.07. The maximum atomic E-state index is 3.35. The Balaban J connectivity index is 2.33. The molecule has 1 heteroatoms. The van der Waals surface area contributed by atoms with E-state index in [1.54, 1.807) is 0 Å². The minimum absolute atomic E-state index is 0.862. The third kappa shape index (κ3) is 0.739. The van der Waals surface area contributed by atoms with Crippen molar-refractivity contribution in [3.05, 3.63) is 22.3 Å². The lowest BCUT2D eigenvalue weighted by Gasteiger charge is -1.94. The van der Waals surface area contributed by atoms with Crippen LogP contribution in [0.2, 0.25) is 0 Å². The summed E-state index contributed by atoms with van der Waals surface area (Å²) in [6, 6.07) is 0. The van der Waals surface area contributed by atoms with Gasteiger partial charge < -0.3 is 4.98 Å². The second-order valence-electron chi connectivity index (χ2n) is 3.89. The first kappa shape index (κ1) is 6.53. The Bertz CT molecular complexity index is 424. The second kappa shape index (κ2) is 2.03. The summed E-state index contributed by atoms with van der Waals surface area (Å²) in [5, 5.41) is 2.85. The summed E-state index contributed by atoms with van der Waals surface area (Å²) in [6.07, 6.45) is 9.54. The van der Waals surface area contributed by atoms with E-state index >= 15 is 0 Å². The highest BCUT2D eigenvalue weighted by Gasteiger charge is 2.34. The first-order valence-corrected chi connectivity index (χ1v) is 4.78. The molecule has 62 valence electrons. The van der Waals surface area contributed by atoms with Crippen LogP contribution in [0.5, 0.6) is 0 Å². The van der Waals surface area contributed by atoms with Crippen molar-refractivity contribution >= 4 is 12.2 Å². The fraction of sp³-hybridized carbons (Fsp3) is 0.455. The van der Waals surface area contributed by atoms with E-state index in [1.165, 1.54) is 22.6 Å². The van der Waals surface area contributed by atoms with Crippen molar-refractivity contribution in [2.45, 2.75) is 19.8 Å². The predicted octanol–water partition coefficient (Wildman–Crippen LogP) is 0.788. The zero-order valence-electron chi connectivity index (χ0n) is 7.30. The molecule has 0 bridgehead atoms. The average Bonchev–Trinajstić information content (AvgIpc) is 2.72. The van der Waals surface area contributed by atoms with Crippen LogP contribution in [0.4, 0.5) is 0 Å². The summed E-state index contributed by atoms with van der Waals surface area (Å²) in [4.78, 5) is 3.35. The molecule has 1 heterocycles. The van der Waals surface area contributed by atoms with Gasteiger partial charge in [0, 0.05) is 11.5 Å². The third-order valence-corrected chi connectivity index (χ3v) is 3.07. The molecule has 0 amide bonds. The molecule has 1 unspecified atom stereocenters. The molecule has 0 aliphatic heterocycles. The van der Waals surface area contributed by atoms with Crippen LogP contribution in [0, 0.1) is 11.8 Å². The van der Waals surface area contributed by atoms with Crippen LogP contribution in [0.15, 0.2) is 6.20 Å². The Hall–Kier alpha value is -0.980. The maximum Gasteiger partial charge on any atom is 0.0416 e. The summed E-state index contributed by atoms with van der Waals surface area (Å²) in [6.45, 7) is 2.22. The highest BCUT2D eigenvalue weighted by atomic mass is 14.7. The van der Waals surface area contributed by atoms with E-state index in [0.29, 0.717) is 0 Å². The summed E-state index contributed by atoms with van der Waals surface area (Å²) in [5.41, 5.74) is 1.48. The summed E-state index contributed by atoms with van der Waals surface area (Å²) < 4.78 is 0. The second-order valence-corrected chi connectivity index (χ2v) is 3.89. The van der Waals surface area contributed by atoms with Crippen LogP contribution in [-0.2, 0) is 6.42 Å². The van der Waals surface area contributed by atoms with Gasteiger partial charge in [-0.25, -0.2) is 0 Å². The molecule has 1 N–H and O–H groups in total.